The number of pyridine rings is 1. The Bertz CT molecular complexity index is 903. The number of aliphatic imine (C=N–C) groups is 1. The van der Waals surface area contributed by atoms with E-state index < -0.39 is 40.1 Å². The van der Waals surface area contributed by atoms with E-state index in [1.807, 2.05) is 0 Å². The lowest BCUT2D eigenvalue weighted by Gasteiger charge is -2.24. The first-order chi connectivity index (χ1) is 12.6. The van der Waals surface area contributed by atoms with Crippen molar-refractivity contribution in [3.8, 4) is 0 Å². The SMILES string of the molecule is CC1(c2ccncc2)SC(N[C@H](c2ccc(F)cc2F)C(F)(F)F)=NC1=O. The third-order valence-electron chi connectivity index (χ3n) is 4.01. The molecule has 0 radical (unpaired) electrons. The second-order valence-corrected chi connectivity index (χ2v) is 7.29. The van der Waals surface area contributed by atoms with E-state index in [4.69, 9.17) is 0 Å². The van der Waals surface area contributed by atoms with Gasteiger partial charge >= 0.3 is 6.18 Å². The van der Waals surface area contributed by atoms with Crippen molar-refractivity contribution in [1.29, 1.82) is 0 Å². The highest BCUT2D eigenvalue weighted by molar-refractivity contribution is 8.15. The molecule has 0 bridgehead atoms. The highest BCUT2D eigenvalue weighted by Gasteiger charge is 2.47. The maximum Gasteiger partial charge on any atom is 0.412 e. The Morgan fingerprint density at radius 3 is 2.41 bits per heavy atom. The molecule has 1 unspecified atom stereocenters. The molecule has 1 amide bonds. The zero-order valence-corrected chi connectivity index (χ0v) is 14.5. The van der Waals surface area contributed by atoms with Crippen molar-refractivity contribution in [1.82, 2.24) is 10.3 Å². The number of amides is 1. The van der Waals surface area contributed by atoms with Crippen LogP contribution in [0, 0.1) is 11.6 Å². The Hall–Kier alpha value is -2.49. The Kier molecular flexibility index (Phi) is 4.94. The molecule has 0 spiro atoms. The molecule has 4 nitrogen and oxygen atoms in total. The van der Waals surface area contributed by atoms with E-state index in [-0.39, 0.29) is 5.17 Å². The number of nitrogens with zero attached hydrogens (tertiary/aromatic N) is 2. The van der Waals surface area contributed by atoms with E-state index in [0.717, 1.165) is 17.8 Å². The van der Waals surface area contributed by atoms with Gasteiger partial charge in [0.15, 0.2) is 11.2 Å². The van der Waals surface area contributed by atoms with Gasteiger partial charge in [-0.2, -0.15) is 18.2 Å². The lowest BCUT2D eigenvalue weighted by molar-refractivity contribution is -0.154. The molecule has 2 aromatic rings. The smallest absolute Gasteiger partial charge is 0.349 e. The molecule has 0 saturated carbocycles. The lowest BCUT2D eigenvalue weighted by atomic mass is 10.0. The summed E-state index contributed by atoms with van der Waals surface area (Å²) in [6, 6.07) is 2.44. The molecule has 1 aliphatic heterocycles. The standard InChI is InChI=1S/C17H12F5N3OS/c1-16(9-4-6-23-7-5-9)14(26)25-15(27-16)24-13(17(20,21)22)11-3-2-10(18)8-12(11)19/h2-8,13H,1H3,(H,24,25,26)/t13-,16?/m1/s1. The molecule has 27 heavy (non-hydrogen) atoms. The molecule has 2 atom stereocenters. The van der Waals surface area contributed by atoms with Crippen LogP contribution in [-0.4, -0.2) is 22.2 Å². The Labute approximate surface area is 154 Å². The number of alkyl halides is 3. The fourth-order valence-corrected chi connectivity index (χ4v) is 3.65. The number of aromatic nitrogens is 1. The number of hydrogen-bond donors (Lipinski definition) is 1. The zero-order valence-electron chi connectivity index (χ0n) is 13.7. The number of carbonyl (C=O) groups is 1. The predicted molar refractivity (Wildman–Crippen MR) is 89.9 cm³/mol. The van der Waals surface area contributed by atoms with E-state index in [9.17, 15) is 26.7 Å². The van der Waals surface area contributed by atoms with Crippen molar-refractivity contribution in [2.24, 2.45) is 4.99 Å². The quantitative estimate of drug-likeness (QED) is 0.787. The molecule has 1 aromatic carbocycles. The van der Waals surface area contributed by atoms with E-state index >= 15 is 0 Å². The maximum atomic E-state index is 13.9. The van der Waals surface area contributed by atoms with Crippen LogP contribution in [0.25, 0.3) is 0 Å². The molecule has 0 saturated heterocycles. The van der Waals surface area contributed by atoms with Gasteiger partial charge in [0.1, 0.15) is 16.4 Å². The van der Waals surface area contributed by atoms with Gasteiger partial charge in [0, 0.05) is 24.0 Å². The van der Waals surface area contributed by atoms with Crippen LogP contribution in [0.3, 0.4) is 0 Å². The van der Waals surface area contributed by atoms with Gasteiger partial charge in [-0.25, -0.2) is 8.78 Å². The summed E-state index contributed by atoms with van der Waals surface area (Å²) in [6.45, 7) is 1.52. The van der Waals surface area contributed by atoms with Crippen LogP contribution in [0.2, 0.25) is 0 Å². The molecule has 1 N–H and O–H groups in total. The molecular weight excluding hydrogens is 389 g/mol. The first kappa shape index (κ1) is 19.3. The van der Waals surface area contributed by atoms with Crippen molar-refractivity contribution in [3.63, 3.8) is 0 Å². The summed E-state index contributed by atoms with van der Waals surface area (Å²) in [5, 5.41) is 1.78. The Balaban J connectivity index is 1.90. The third-order valence-corrected chi connectivity index (χ3v) is 5.23. The summed E-state index contributed by atoms with van der Waals surface area (Å²) in [6.07, 6.45) is -2.00. The molecule has 142 valence electrons. The van der Waals surface area contributed by atoms with Gasteiger partial charge in [-0.15, -0.1) is 0 Å². The van der Waals surface area contributed by atoms with Gasteiger partial charge in [0.25, 0.3) is 5.91 Å². The molecular formula is C17H12F5N3OS. The van der Waals surface area contributed by atoms with Crippen molar-refractivity contribution in [2.75, 3.05) is 0 Å². The number of thioether (sulfide) groups is 1. The van der Waals surface area contributed by atoms with Crippen LogP contribution in [0.1, 0.15) is 24.1 Å². The monoisotopic (exact) mass is 401 g/mol. The van der Waals surface area contributed by atoms with Crippen LogP contribution in [0.15, 0.2) is 47.7 Å². The zero-order chi connectivity index (χ0) is 19.8. The predicted octanol–water partition coefficient (Wildman–Crippen LogP) is 4.10. The van der Waals surface area contributed by atoms with Crippen molar-refractivity contribution >= 4 is 22.8 Å². The van der Waals surface area contributed by atoms with Gasteiger partial charge in [-0.05, 0) is 30.7 Å². The number of benzene rings is 1. The number of hydrogen-bond acceptors (Lipinski definition) is 4. The molecule has 10 heteroatoms. The van der Waals surface area contributed by atoms with Crippen LogP contribution in [0.4, 0.5) is 22.0 Å². The summed E-state index contributed by atoms with van der Waals surface area (Å²) in [5.41, 5.74) is -0.276. The minimum Gasteiger partial charge on any atom is -0.349 e. The number of carbonyl (C=O) groups excluding carboxylic acids is 1. The topological polar surface area (TPSA) is 54.4 Å². The highest BCUT2D eigenvalue weighted by Crippen LogP contribution is 2.43. The summed E-state index contributed by atoms with van der Waals surface area (Å²) < 4.78 is 66.1. The van der Waals surface area contributed by atoms with Crippen molar-refractivity contribution < 1.29 is 26.7 Å². The van der Waals surface area contributed by atoms with Gasteiger partial charge < -0.3 is 5.32 Å². The van der Waals surface area contributed by atoms with Crippen LogP contribution >= 0.6 is 11.8 Å². The summed E-state index contributed by atoms with van der Waals surface area (Å²) in [5.74, 6) is -3.00. The summed E-state index contributed by atoms with van der Waals surface area (Å²) >= 11 is 0.787. The molecule has 2 heterocycles. The minimum atomic E-state index is -4.90. The first-order valence-corrected chi connectivity index (χ1v) is 8.44. The summed E-state index contributed by atoms with van der Waals surface area (Å²) in [4.78, 5) is 19.8. The second kappa shape index (κ2) is 6.91. The Morgan fingerprint density at radius 2 is 1.81 bits per heavy atom. The fourth-order valence-electron chi connectivity index (χ4n) is 2.57. The van der Waals surface area contributed by atoms with E-state index in [2.05, 4.69) is 15.3 Å². The number of nitrogens with one attached hydrogen (secondary N) is 1. The number of rotatable bonds is 3. The minimum absolute atomic E-state index is 0.301. The number of amidine groups is 1. The molecule has 1 aliphatic rings. The first-order valence-electron chi connectivity index (χ1n) is 7.62. The van der Waals surface area contributed by atoms with Crippen LogP contribution in [-0.2, 0) is 9.54 Å². The number of halogens is 5. The third kappa shape index (κ3) is 3.80. The molecule has 1 aromatic heterocycles. The fraction of sp³-hybridized carbons (Fsp3) is 0.235. The van der Waals surface area contributed by atoms with Crippen LogP contribution < -0.4 is 5.32 Å². The normalized spacial score (nSPS) is 21.1. The van der Waals surface area contributed by atoms with E-state index in [1.165, 1.54) is 19.3 Å². The molecule has 3 rings (SSSR count). The highest BCUT2D eigenvalue weighted by atomic mass is 32.2. The maximum absolute atomic E-state index is 13.9. The van der Waals surface area contributed by atoms with Gasteiger partial charge in [0.05, 0.1) is 0 Å². The van der Waals surface area contributed by atoms with Crippen molar-refractivity contribution in [2.45, 2.75) is 23.9 Å². The van der Waals surface area contributed by atoms with Crippen molar-refractivity contribution in [3.05, 3.63) is 65.5 Å². The molecule has 0 fully saturated rings. The average molecular weight is 401 g/mol. The average Bonchev–Trinajstić information content (AvgIpc) is 2.88. The largest absolute Gasteiger partial charge is 0.412 e. The Morgan fingerprint density at radius 1 is 1.15 bits per heavy atom. The van der Waals surface area contributed by atoms with Gasteiger partial charge in [-0.1, -0.05) is 17.8 Å². The van der Waals surface area contributed by atoms with E-state index in [1.54, 1.807) is 12.1 Å². The second-order valence-electron chi connectivity index (χ2n) is 5.88. The van der Waals surface area contributed by atoms with Crippen LogP contribution in [0.5, 0.6) is 0 Å². The van der Waals surface area contributed by atoms with Gasteiger partial charge in [0.2, 0.25) is 0 Å². The van der Waals surface area contributed by atoms with Gasteiger partial charge in [-0.3, -0.25) is 9.78 Å². The lowest BCUT2D eigenvalue weighted by Crippen LogP contribution is -2.37. The van der Waals surface area contributed by atoms with E-state index in [0.29, 0.717) is 17.7 Å². The summed E-state index contributed by atoms with van der Waals surface area (Å²) in [7, 11) is 0. The molecule has 0 aliphatic carbocycles.